The minimum Gasteiger partial charge on any atom is -0.368 e. The molecule has 10 rings (SSSR count). The average molecular weight is 848 g/mol. The predicted octanol–water partition coefficient (Wildman–Crippen LogP) is 7.13. The number of rotatable bonds is 9. The molecule has 0 radical (unpaired) electrons. The average Bonchev–Trinajstić information content (AvgIpc) is 3.44. The number of carbonyl (C=O) groups excluding carboxylic acids is 2. The second kappa shape index (κ2) is 14.0. The second-order valence-corrected chi connectivity index (χ2v) is 16.4. The van der Waals surface area contributed by atoms with Gasteiger partial charge in [-0.15, -0.1) is 0 Å². The third-order valence-electron chi connectivity index (χ3n) is 11.6. The van der Waals surface area contributed by atoms with Crippen molar-refractivity contribution in [2.75, 3.05) is 36.0 Å². The number of alkyl halides is 5. The number of halogens is 7. The molecule has 6 heterocycles. The van der Waals surface area contributed by atoms with E-state index in [1.807, 2.05) is 12.1 Å². The number of carbonyl (C=O) groups is 2. The number of piperazine rings is 1. The summed E-state index contributed by atoms with van der Waals surface area (Å²) in [6.07, 6.45) is -1.97. The number of thiazole rings is 1. The third-order valence-corrected chi connectivity index (χ3v) is 12.7. The summed E-state index contributed by atoms with van der Waals surface area (Å²) in [6.45, 7) is 2.00. The zero-order chi connectivity index (χ0) is 41.7. The summed E-state index contributed by atoms with van der Waals surface area (Å²) in [4.78, 5) is 45.0. The van der Waals surface area contributed by atoms with Crippen LogP contribution in [0.4, 0.5) is 41.6 Å². The Kier molecular flexibility index (Phi) is 8.89. The van der Waals surface area contributed by atoms with E-state index in [0.29, 0.717) is 70.0 Å². The standard InChI is InChI=1S/C41H32F7N9O2S/c42-23-11-20(12-24(43)15-23)13-30(51-32(58)19-57-36-33(35(54-57)41(46,47)48)28-16-29(28)40(36,44)45)34-26(21-1-2-22-18-50-38(59)27(22)14-21)17-31-37(52-34)53-39(60-31)56-9-7-55(8-10-56)25-3-5-49-6-4-25/h1-6,11-12,14-15,17,28-30H,7-10,13,16,18-19H2,(H,50,59)(H,51,58)/t28-,29+,30-/m0/s1. The highest BCUT2D eigenvalue weighted by Gasteiger charge is 2.68. The van der Waals surface area contributed by atoms with Crippen molar-refractivity contribution in [2.45, 2.75) is 50.0 Å². The van der Waals surface area contributed by atoms with Crippen molar-refractivity contribution >= 4 is 44.3 Å². The van der Waals surface area contributed by atoms with Crippen LogP contribution in [0.5, 0.6) is 0 Å². The van der Waals surface area contributed by atoms with Gasteiger partial charge < -0.3 is 20.4 Å². The van der Waals surface area contributed by atoms with Gasteiger partial charge in [0, 0.05) is 79.5 Å². The van der Waals surface area contributed by atoms with Gasteiger partial charge in [0.25, 0.3) is 11.8 Å². The van der Waals surface area contributed by atoms with Crippen molar-refractivity contribution < 1.29 is 40.3 Å². The molecule has 4 aliphatic rings. The highest BCUT2D eigenvalue weighted by atomic mass is 32.1. The Hall–Kier alpha value is -6.11. The van der Waals surface area contributed by atoms with Crippen LogP contribution in [-0.2, 0) is 36.4 Å². The van der Waals surface area contributed by atoms with E-state index in [2.05, 4.69) is 30.5 Å². The number of fused-ring (bicyclic) bond motifs is 5. The molecule has 19 heteroatoms. The van der Waals surface area contributed by atoms with Gasteiger partial charge in [-0.25, -0.2) is 13.8 Å². The molecule has 1 saturated heterocycles. The van der Waals surface area contributed by atoms with E-state index in [-0.39, 0.29) is 35.7 Å². The Bertz CT molecular complexity index is 2690. The van der Waals surface area contributed by atoms with Gasteiger partial charge >= 0.3 is 6.18 Å². The van der Waals surface area contributed by atoms with Crippen LogP contribution < -0.4 is 20.4 Å². The van der Waals surface area contributed by atoms with Crippen LogP contribution in [0.3, 0.4) is 0 Å². The minimum atomic E-state index is -5.04. The summed E-state index contributed by atoms with van der Waals surface area (Å²) in [7, 11) is 0. The maximum absolute atomic E-state index is 15.4. The molecule has 0 spiro atoms. The van der Waals surface area contributed by atoms with E-state index in [0.717, 1.165) is 23.4 Å². The van der Waals surface area contributed by atoms with Gasteiger partial charge in [0.05, 0.1) is 16.4 Å². The monoisotopic (exact) mass is 847 g/mol. The molecular weight excluding hydrogens is 816 g/mol. The number of nitrogens with one attached hydrogen (secondary N) is 2. The molecular formula is C41H32F7N9O2S. The van der Waals surface area contributed by atoms with Gasteiger partial charge in [-0.3, -0.25) is 19.3 Å². The van der Waals surface area contributed by atoms with Crippen molar-refractivity contribution in [3.05, 3.63) is 118 Å². The van der Waals surface area contributed by atoms with Crippen LogP contribution in [0.25, 0.3) is 21.5 Å². The smallest absolute Gasteiger partial charge is 0.368 e. The number of nitrogens with zero attached hydrogens (tertiary/aromatic N) is 7. The predicted molar refractivity (Wildman–Crippen MR) is 206 cm³/mol. The van der Waals surface area contributed by atoms with E-state index in [9.17, 15) is 31.5 Å². The molecule has 4 aromatic heterocycles. The van der Waals surface area contributed by atoms with Crippen molar-refractivity contribution in [1.29, 1.82) is 0 Å². The lowest BCUT2D eigenvalue weighted by Crippen LogP contribution is -2.46. The zero-order valence-electron chi connectivity index (χ0n) is 31.2. The third kappa shape index (κ3) is 6.67. The first-order chi connectivity index (χ1) is 28.7. The molecule has 1 saturated carbocycles. The normalized spacial score (nSPS) is 19.6. The first-order valence-electron chi connectivity index (χ1n) is 19.1. The number of hydrogen-bond acceptors (Lipinski definition) is 9. The SMILES string of the molecule is O=C(Cn1nc(C(F)(F)F)c2c1C(F)(F)[C@@H]1C[C@H]21)N[C@@H](Cc1cc(F)cc(F)c1)c1nc2nc(N3CCN(c4ccncc4)CC3)sc2cc1-c1ccc2c(c1)C(=O)NC2. The number of hydrogen-bond donors (Lipinski definition) is 2. The molecule has 6 aromatic rings. The van der Waals surface area contributed by atoms with Crippen molar-refractivity contribution in [3.63, 3.8) is 0 Å². The number of pyridine rings is 2. The minimum absolute atomic E-state index is 0.0935. The topological polar surface area (TPSA) is 121 Å². The second-order valence-electron chi connectivity index (χ2n) is 15.4. The summed E-state index contributed by atoms with van der Waals surface area (Å²) in [6, 6.07) is 12.5. The summed E-state index contributed by atoms with van der Waals surface area (Å²) < 4.78 is 103. The number of aromatic nitrogens is 5. The Balaban J connectivity index is 1.04. The fraction of sp³-hybridized carbons (Fsp3) is 0.317. The lowest BCUT2D eigenvalue weighted by Gasteiger charge is -2.35. The highest BCUT2D eigenvalue weighted by Crippen LogP contribution is 2.68. The van der Waals surface area contributed by atoms with Gasteiger partial charge in [0.1, 0.15) is 23.9 Å². The Labute approximate surface area is 340 Å². The Morgan fingerprint density at radius 2 is 1.68 bits per heavy atom. The summed E-state index contributed by atoms with van der Waals surface area (Å²) in [5, 5.41) is 9.68. The quantitative estimate of drug-likeness (QED) is 0.148. The van der Waals surface area contributed by atoms with Gasteiger partial charge in [0.2, 0.25) is 5.91 Å². The van der Waals surface area contributed by atoms with Gasteiger partial charge in [-0.1, -0.05) is 23.5 Å². The maximum atomic E-state index is 15.4. The van der Waals surface area contributed by atoms with E-state index in [1.165, 1.54) is 11.3 Å². The lowest BCUT2D eigenvalue weighted by atomic mass is 9.93. The fourth-order valence-electron chi connectivity index (χ4n) is 8.74. The maximum Gasteiger partial charge on any atom is 0.435 e. The van der Waals surface area contributed by atoms with Crippen LogP contribution in [0.1, 0.15) is 62.5 Å². The number of amides is 2. The summed E-state index contributed by atoms with van der Waals surface area (Å²) in [5.41, 5.74) is 0.705. The Morgan fingerprint density at radius 1 is 0.950 bits per heavy atom. The van der Waals surface area contributed by atoms with Gasteiger partial charge in [-0.05, 0) is 71.8 Å². The van der Waals surface area contributed by atoms with E-state index in [4.69, 9.17) is 9.97 Å². The zero-order valence-corrected chi connectivity index (χ0v) is 32.1. The molecule has 0 bridgehead atoms. The Morgan fingerprint density at radius 3 is 2.42 bits per heavy atom. The molecule has 2 aliphatic carbocycles. The summed E-state index contributed by atoms with van der Waals surface area (Å²) in [5.74, 6) is -9.05. The molecule has 2 fully saturated rings. The molecule has 0 unspecified atom stereocenters. The van der Waals surface area contributed by atoms with Crippen molar-refractivity contribution in [2.24, 2.45) is 5.92 Å². The van der Waals surface area contributed by atoms with Crippen LogP contribution >= 0.6 is 11.3 Å². The molecule has 3 atom stereocenters. The molecule has 60 heavy (non-hydrogen) atoms. The highest BCUT2D eigenvalue weighted by molar-refractivity contribution is 7.22. The van der Waals surface area contributed by atoms with Gasteiger partial charge in [-0.2, -0.15) is 32.0 Å². The first-order valence-corrected chi connectivity index (χ1v) is 20.0. The molecule has 11 nitrogen and oxygen atoms in total. The van der Waals surface area contributed by atoms with Crippen LogP contribution in [0.15, 0.2) is 67.0 Å². The number of anilines is 2. The molecule has 2 N–H and O–H groups in total. The molecule has 2 amide bonds. The fourth-order valence-corrected chi connectivity index (χ4v) is 9.74. The number of benzene rings is 2. The lowest BCUT2D eigenvalue weighted by molar-refractivity contribution is -0.142. The van der Waals surface area contributed by atoms with Crippen LogP contribution in [-0.4, -0.2) is 62.7 Å². The summed E-state index contributed by atoms with van der Waals surface area (Å²) >= 11 is 1.38. The largest absolute Gasteiger partial charge is 0.435 e. The molecule has 2 aliphatic heterocycles. The van der Waals surface area contributed by atoms with Gasteiger partial charge in [0.15, 0.2) is 16.5 Å². The first kappa shape index (κ1) is 38.1. The van der Waals surface area contributed by atoms with E-state index >= 15 is 8.78 Å². The van der Waals surface area contributed by atoms with Crippen LogP contribution in [0, 0.1) is 17.6 Å². The van der Waals surface area contributed by atoms with E-state index in [1.54, 1.807) is 36.7 Å². The molecule has 308 valence electrons. The van der Waals surface area contributed by atoms with Crippen LogP contribution in [0.2, 0.25) is 0 Å². The van der Waals surface area contributed by atoms with Crippen molar-refractivity contribution in [3.8, 4) is 11.1 Å². The molecule has 2 aromatic carbocycles. The van der Waals surface area contributed by atoms with E-state index < -0.39 is 71.0 Å². The van der Waals surface area contributed by atoms with Crippen molar-refractivity contribution in [1.82, 2.24) is 35.4 Å².